The lowest BCUT2D eigenvalue weighted by molar-refractivity contribution is -0.139. The summed E-state index contributed by atoms with van der Waals surface area (Å²) in [5.41, 5.74) is 0.454. The van der Waals surface area contributed by atoms with Crippen LogP contribution in [0.25, 0.3) is 0 Å². The average molecular weight is 570 g/mol. The van der Waals surface area contributed by atoms with Gasteiger partial charge in [-0.15, -0.1) is 0 Å². The molecular weight excluding hydrogens is 526 g/mol. The Morgan fingerprint density at radius 1 is 0.800 bits per heavy atom. The predicted molar refractivity (Wildman–Crippen MR) is 145 cm³/mol. The summed E-state index contributed by atoms with van der Waals surface area (Å²) < 4.78 is 31.0. The first-order chi connectivity index (χ1) is 18.8. The topological polar surface area (TPSA) is 156 Å². The van der Waals surface area contributed by atoms with Crippen LogP contribution in [0.1, 0.15) is 73.3 Å². The lowest BCUT2D eigenvalue weighted by Gasteiger charge is -2.19. The molecule has 12 nitrogen and oxygen atoms in total. The molecule has 1 aromatic rings. The molecule has 0 saturated carbocycles. The number of hydrogen-bond donors (Lipinski definition) is 2. The van der Waals surface area contributed by atoms with E-state index < -0.39 is 42.7 Å². The zero-order valence-electron chi connectivity index (χ0n) is 24.4. The van der Waals surface area contributed by atoms with E-state index in [4.69, 9.17) is 28.4 Å². The van der Waals surface area contributed by atoms with E-state index in [9.17, 15) is 24.3 Å². The molecule has 0 spiro atoms. The highest BCUT2D eigenvalue weighted by atomic mass is 16.8. The van der Waals surface area contributed by atoms with Gasteiger partial charge in [0.15, 0.2) is 11.5 Å². The van der Waals surface area contributed by atoms with Crippen LogP contribution in [0.2, 0.25) is 0 Å². The van der Waals surface area contributed by atoms with Crippen LogP contribution in [0.4, 0.5) is 14.4 Å². The number of ether oxygens (including phenoxy) is 6. The summed E-state index contributed by atoms with van der Waals surface area (Å²) in [6.45, 7) is 13.0. The molecule has 0 aliphatic heterocycles. The van der Waals surface area contributed by atoms with Gasteiger partial charge < -0.3 is 38.8 Å². The van der Waals surface area contributed by atoms with E-state index in [-0.39, 0.29) is 37.2 Å². The minimum Gasteiger partial charge on any atom is -0.480 e. The molecule has 0 bridgehead atoms. The Bertz CT molecular complexity index is 966. The molecule has 226 valence electrons. The fourth-order valence-corrected chi connectivity index (χ4v) is 2.98. The summed E-state index contributed by atoms with van der Waals surface area (Å²) >= 11 is 0. The van der Waals surface area contributed by atoms with E-state index in [0.717, 1.165) is 0 Å². The molecule has 0 fully saturated rings. The van der Waals surface area contributed by atoms with E-state index in [1.807, 2.05) is 27.7 Å². The number of nitrogens with one attached hydrogen (secondary N) is 1. The van der Waals surface area contributed by atoms with Gasteiger partial charge >= 0.3 is 24.4 Å². The molecule has 4 atom stereocenters. The van der Waals surface area contributed by atoms with Crippen molar-refractivity contribution in [2.75, 3.05) is 13.2 Å². The van der Waals surface area contributed by atoms with Crippen molar-refractivity contribution in [2.24, 2.45) is 5.92 Å². The normalized spacial score (nSPS) is 13.9. The second kappa shape index (κ2) is 17.9. The maximum atomic E-state index is 12.3. The highest BCUT2D eigenvalue weighted by Crippen LogP contribution is 2.30. The quantitative estimate of drug-likeness (QED) is 0.147. The maximum Gasteiger partial charge on any atom is 0.514 e. The van der Waals surface area contributed by atoms with Gasteiger partial charge in [-0.2, -0.15) is 0 Å². The minimum absolute atomic E-state index is 0.0325. The number of benzene rings is 1. The monoisotopic (exact) mass is 569 g/mol. The van der Waals surface area contributed by atoms with Crippen molar-refractivity contribution in [3.05, 3.63) is 23.8 Å². The molecule has 1 aromatic carbocycles. The van der Waals surface area contributed by atoms with Crippen LogP contribution in [0, 0.1) is 5.92 Å². The van der Waals surface area contributed by atoms with Crippen molar-refractivity contribution in [1.82, 2.24) is 5.32 Å². The van der Waals surface area contributed by atoms with Crippen LogP contribution in [0.5, 0.6) is 11.5 Å². The van der Waals surface area contributed by atoms with Crippen LogP contribution in [0.3, 0.4) is 0 Å². The van der Waals surface area contributed by atoms with Gasteiger partial charge in [0.2, 0.25) is 0 Å². The zero-order chi connectivity index (χ0) is 30.2. The summed E-state index contributed by atoms with van der Waals surface area (Å²) in [6, 6.07) is 3.21. The maximum absolute atomic E-state index is 12.3. The summed E-state index contributed by atoms with van der Waals surface area (Å²) in [4.78, 5) is 48.2. The first-order valence-electron chi connectivity index (χ1n) is 13.5. The van der Waals surface area contributed by atoms with E-state index in [2.05, 4.69) is 5.32 Å². The van der Waals surface area contributed by atoms with Gasteiger partial charge in [0.25, 0.3) is 0 Å². The number of rotatable bonds is 16. The van der Waals surface area contributed by atoms with Gasteiger partial charge in [0.05, 0.1) is 6.61 Å². The van der Waals surface area contributed by atoms with E-state index in [0.29, 0.717) is 30.7 Å². The van der Waals surface area contributed by atoms with Crippen molar-refractivity contribution in [1.29, 1.82) is 0 Å². The zero-order valence-corrected chi connectivity index (χ0v) is 24.4. The molecule has 12 heteroatoms. The molecule has 0 aliphatic carbocycles. The summed E-state index contributed by atoms with van der Waals surface area (Å²) in [5.74, 6) is -1.02. The Morgan fingerprint density at radius 3 is 1.88 bits per heavy atom. The van der Waals surface area contributed by atoms with Crippen molar-refractivity contribution in [2.45, 2.75) is 98.5 Å². The first-order valence-corrected chi connectivity index (χ1v) is 13.5. The summed E-state index contributed by atoms with van der Waals surface area (Å²) in [5, 5.41) is 12.6. The fraction of sp³-hybridized carbons (Fsp3) is 0.643. The van der Waals surface area contributed by atoms with E-state index >= 15 is 0 Å². The van der Waals surface area contributed by atoms with Gasteiger partial charge in [0.1, 0.15) is 24.4 Å². The summed E-state index contributed by atoms with van der Waals surface area (Å²) in [7, 11) is 0. The van der Waals surface area contributed by atoms with Crippen LogP contribution in [-0.4, -0.2) is 67.0 Å². The predicted octanol–water partition coefficient (Wildman–Crippen LogP) is 5.49. The smallest absolute Gasteiger partial charge is 0.480 e. The SMILES string of the molecule is CCC(C)OC(=O)Oc1ccc(C[C@H](NCC(C)OC(=O)OCCC(C)C)C(=O)O)cc1OC(=O)OC(C)CC. The highest BCUT2D eigenvalue weighted by Gasteiger charge is 2.23. The Hall–Kier alpha value is -3.54. The molecule has 0 heterocycles. The van der Waals surface area contributed by atoms with Gasteiger partial charge in [-0.25, -0.2) is 14.4 Å². The standard InChI is InChI=1S/C28H43NO11/c1-8-18(5)36-27(33)39-23-11-10-21(15-24(23)40-28(34)37-19(6)9-2)14-22(25(30)31)29-16-20(7)38-26(32)35-13-12-17(3)4/h10-11,15,17-20,22,29H,8-9,12-14,16H2,1-7H3,(H,30,31)/t18?,19?,20?,22-/m0/s1. The third kappa shape index (κ3) is 14.0. The number of hydrogen-bond acceptors (Lipinski definition) is 11. The first kappa shape index (κ1) is 34.5. The Balaban J connectivity index is 2.94. The molecule has 0 saturated heterocycles. The van der Waals surface area contributed by atoms with Gasteiger partial charge in [0, 0.05) is 6.54 Å². The van der Waals surface area contributed by atoms with Crippen molar-refractivity contribution >= 4 is 24.4 Å². The molecule has 0 aliphatic rings. The largest absolute Gasteiger partial charge is 0.514 e. The second-order valence-corrected chi connectivity index (χ2v) is 9.87. The van der Waals surface area contributed by atoms with Crippen molar-refractivity contribution < 1.29 is 52.7 Å². The molecule has 0 aromatic heterocycles. The van der Waals surface area contributed by atoms with Crippen LogP contribution >= 0.6 is 0 Å². The van der Waals surface area contributed by atoms with Gasteiger partial charge in [-0.05, 0) is 70.1 Å². The fourth-order valence-electron chi connectivity index (χ4n) is 2.98. The van der Waals surface area contributed by atoms with E-state index in [1.54, 1.807) is 20.8 Å². The lowest BCUT2D eigenvalue weighted by Crippen LogP contribution is -2.42. The third-order valence-electron chi connectivity index (χ3n) is 5.74. The molecule has 0 amide bonds. The van der Waals surface area contributed by atoms with Crippen molar-refractivity contribution in [3.63, 3.8) is 0 Å². The number of aliphatic carboxylic acids is 1. The molecule has 0 radical (unpaired) electrons. The number of carbonyl (C=O) groups excluding carboxylic acids is 3. The number of carbonyl (C=O) groups is 4. The molecule has 3 unspecified atom stereocenters. The molecule has 2 N–H and O–H groups in total. The van der Waals surface area contributed by atoms with Crippen LogP contribution in [-0.2, 0) is 30.2 Å². The second-order valence-electron chi connectivity index (χ2n) is 9.87. The molecule has 1 rings (SSSR count). The van der Waals surface area contributed by atoms with Gasteiger partial charge in [-0.1, -0.05) is 33.8 Å². The average Bonchev–Trinajstić information content (AvgIpc) is 2.87. The lowest BCUT2D eigenvalue weighted by atomic mass is 10.0. The van der Waals surface area contributed by atoms with Gasteiger partial charge in [-0.3, -0.25) is 4.79 Å². The van der Waals surface area contributed by atoms with Crippen LogP contribution in [0.15, 0.2) is 18.2 Å². The third-order valence-corrected chi connectivity index (χ3v) is 5.74. The van der Waals surface area contributed by atoms with Crippen molar-refractivity contribution in [3.8, 4) is 11.5 Å². The minimum atomic E-state index is -1.15. The summed E-state index contributed by atoms with van der Waals surface area (Å²) in [6.07, 6.45) is -2.47. The highest BCUT2D eigenvalue weighted by molar-refractivity contribution is 5.74. The Kier molecular flexibility index (Phi) is 15.5. The Labute approximate surface area is 235 Å². The van der Waals surface area contributed by atoms with Crippen LogP contribution < -0.4 is 14.8 Å². The van der Waals surface area contributed by atoms with E-state index in [1.165, 1.54) is 18.2 Å². The number of carboxylic acid groups (broad SMARTS) is 1. The Morgan fingerprint density at radius 2 is 1.35 bits per heavy atom. The molecule has 40 heavy (non-hydrogen) atoms. The molecular formula is C28H43NO11. The number of carboxylic acids is 1.